The van der Waals surface area contributed by atoms with Gasteiger partial charge in [-0.15, -0.1) is 0 Å². The third-order valence-electron chi connectivity index (χ3n) is 2.80. The van der Waals surface area contributed by atoms with Gasteiger partial charge in [-0.1, -0.05) is 0 Å². The molecule has 0 fully saturated rings. The molecular formula is C11H12N6. The van der Waals surface area contributed by atoms with Crippen molar-refractivity contribution < 1.29 is 0 Å². The number of imidazole rings is 2. The highest BCUT2D eigenvalue weighted by Crippen LogP contribution is 2.17. The SMILES string of the molecule is Cn1ccnc1Cn1c(N)nc2cnccc21. The van der Waals surface area contributed by atoms with Gasteiger partial charge in [0, 0.05) is 25.6 Å². The van der Waals surface area contributed by atoms with E-state index < -0.39 is 0 Å². The molecule has 17 heavy (non-hydrogen) atoms. The van der Waals surface area contributed by atoms with E-state index in [1.165, 1.54) is 0 Å². The fourth-order valence-corrected chi connectivity index (χ4v) is 1.86. The summed E-state index contributed by atoms with van der Waals surface area (Å²) < 4.78 is 3.89. The van der Waals surface area contributed by atoms with Crippen LogP contribution in [0.4, 0.5) is 5.95 Å². The van der Waals surface area contributed by atoms with Crippen LogP contribution < -0.4 is 5.73 Å². The van der Waals surface area contributed by atoms with E-state index in [-0.39, 0.29) is 0 Å². The number of aromatic nitrogens is 5. The molecule has 0 aliphatic heterocycles. The Labute approximate surface area is 97.7 Å². The predicted molar refractivity (Wildman–Crippen MR) is 64.3 cm³/mol. The van der Waals surface area contributed by atoms with Gasteiger partial charge in [0.05, 0.1) is 18.3 Å². The minimum Gasteiger partial charge on any atom is -0.369 e. The minimum absolute atomic E-state index is 0.482. The van der Waals surface area contributed by atoms with Crippen molar-refractivity contribution in [1.29, 1.82) is 0 Å². The summed E-state index contributed by atoms with van der Waals surface area (Å²) >= 11 is 0. The lowest BCUT2D eigenvalue weighted by Crippen LogP contribution is -2.08. The van der Waals surface area contributed by atoms with Gasteiger partial charge < -0.3 is 14.9 Å². The molecule has 2 N–H and O–H groups in total. The number of nitrogens with zero attached hydrogens (tertiary/aromatic N) is 5. The first kappa shape index (κ1) is 9.83. The highest BCUT2D eigenvalue weighted by atomic mass is 15.2. The summed E-state index contributed by atoms with van der Waals surface area (Å²) in [6, 6.07) is 1.90. The average molecular weight is 228 g/mol. The Bertz CT molecular complexity index is 665. The Kier molecular flexibility index (Phi) is 2.07. The Morgan fingerprint density at radius 3 is 3.00 bits per heavy atom. The zero-order chi connectivity index (χ0) is 11.8. The normalized spacial score (nSPS) is 11.1. The number of fused-ring (bicyclic) bond motifs is 1. The largest absolute Gasteiger partial charge is 0.369 e. The van der Waals surface area contributed by atoms with Crippen LogP contribution in [0.2, 0.25) is 0 Å². The second kappa shape index (κ2) is 3.58. The molecule has 3 aromatic heterocycles. The van der Waals surface area contributed by atoms with Crippen LogP contribution in [0.15, 0.2) is 30.9 Å². The first-order chi connectivity index (χ1) is 8.25. The quantitative estimate of drug-likeness (QED) is 0.703. The number of hydrogen-bond donors (Lipinski definition) is 1. The summed E-state index contributed by atoms with van der Waals surface area (Å²) in [7, 11) is 1.96. The van der Waals surface area contributed by atoms with E-state index in [0.29, 0.717) is 12.5 Å². The van der Waals surface area contributed by atoms with Gasteiger partial charge in [0.25, 0.3) is 0 Å². The average Bonchev–Trinajstić information content (AvgIpc) is 2.85. The van der Waals surface area contributed by atoms with E-state index in [1.807, 2.05) is 28.4 Å². The molecule has 6 heteroatoms. The molecule has 0 atom stereocenters. The second-order valence-electron chi connectivity index (χ2n) is 3.87. The Hall–Kier alpha value is -2.37. The standard InChI is InChI=1S/C11H12N6/c1-16-5-4-14-10(16)7-17-9-2-3-13-6-8(9)15-11(17)12/h2-6H,7H2,1H3,(H2,12,15). The number of pyridine rings is 1. The molecule has 0 aromatic carbocycles. The zero-order valence-corrected chi connectivity index (χ0v) is 9.41. The van der Waals surface area contributed by atoms with Crippen molar-refractivity contribution in [3.63, 3.8) is 0 Å². The van der Waals surface area contributed by atoms with E-state index in [9.17, 15) is 0 Å². The molecule has 0 radical (unpaired) electrons. The van der Waals surface area contributed by atoms with Crippen molar-refractivity contribution in [2.24, 2.45) is 7.05 Å². The number of aryl methyl sites for hydroxylation is 1. The maximum atomic E-state index is 5.91. The van der Waals surface area contributed by atoms with E-state index in [2.05, 4.69) is 15.0 Å². The van der Waals surface area contributed by atoms with Crippen LogP contribution in [-0.4, -0.2) is 24.1 Å². The lowest BCUT2D eigenvalue weighted by molar-refractivity contribution is 0.720. The molecule has 0 unspecified atom stereocenters. The monoisotopic (exact) mass is 228 g/mol. The van der Waals surface area contributed by atoms with Crippen molar-refractivity contribution in [3.05, 3.63) is 36.7 Å². The van der Waals surface area contributed by atoms with Gasteiger partial charge in [-0.2, -0.15) is 0 Å². The fourth-order valence-electron chi connectivity index (χ4n) is 1.86. The fraction of sp³-hybridized carbons (Fsp3) is 0.182. The Balaban J connectivity index is 2.11. The molecule has 6 nitrogen and oxygen atoms in total. The van der Waals surface area contributed by atoms with E-state index >= 15 is 0 Å². The first-order valence-corrected chi connectivity index (χ1v) is 5.27. The highest BCUT2D eigenvalue weighted by molar-refractivity contribution is 5.77. The van der Waals surface area contributed by atoms with Crippen LogP contribution >= 0.6 is 0 Å². The minimum atomic E-state index is 0.482. The van der Waals surface area contributed by atoms with Gasteiger partial charge in [0.15, 0.2) is 0 Å². The maximum absolute atomic E-state index is 5.91. The van der Waals surface area contributed by atoms with E-state index in [1.54, 1.807) is 18.6 Å². The number of hydrogen-bond acceptors (Lipinski definition) is 4. The molecule has 0 saturated carbocycles. The molecule has 0 saturated heterocycles. The lowest BCUT2D eigenvalue weighted by Gasteiger charge is -2.06. The molecule has 3 aromatic rings. The summed E-state index contributed by atoms with van der Waals surface area (Å²) in [5.74, 6) is 1.42. The molecule has 0 aliphatic rings. The number of nitrogens with two attached hydrogens (primary N) is 1. The summed E-state index contributed by atoms with van der Waals surface area (Å²) in [6.07, 6.45) is 7.12. The second-order valence-corrected chi connectivity index (χ2v) is 3.87. The van der Waals surface area contributed by atoms with Gasteiger partial charge in [-0.05, 0) is 6.07 Å². The van der Waals surface area contributed by atoms with Crippen molar-refractivity contribution >= 4 is 17.0 Å². The van der Waals surface area contributed by atoms with Crippen LogP contribution in [0.5, 0.6) is 0 Å². The van der Waals surface area contributed by atoms with Crippen LogP contribution in [0.3, 0.4) is 0 Å². The molecular weight excluding hydrogens is 216 g/mol. The molecule has 3 rings (SSSR count). The van der Waals surface area contributed by atoms with Gasteiger partial charge in [0.1, 0.15) is 11.3 Å². The van der Waals surface area contributed by atoms with Gasteiger partial charge >= 0.3 is 0 Å². The van der Waals surface area contributed by atoms with E-state index in [4.69, 9.17) is 5.73 Å². The highest BCUT2D eigenvalue weighted by Gasteiger charge is 2.09. The number of anilines is 1. The molecule has 0 spiro atoms. The molecule has 0 amide bonds. The summed E-state index contributed by atoms with van der Waals surface area (Å²) in [4.78, 5) is 12.6. The van der Waals surface area contributed by atoms with Crippen LogP contribution in [-0.2, 0) is 13.6 Å². The smallest absolute Gasteiger partial charge is 0.201 e. The topological polar surface area (TPSA) is 74.5 Å². The summed E-state index contributed by atoms with van der Waals surface area (Å²) in [5, 5.41) is 0. The first-order valence-electron chi connectivity index (χ1n) is 5.27. The summed E-state index contributed by atoms with van der Waals surface area (Å²) in [6.45, 7) is 0.607. The predicted octanol–water partition coefficient (Wildman–Crippen LogP) is 0.795. The third kappa shape index (κ3) is 1.54. The van der Waals surface area contributed by atoms with Crippen LogP contribution in [0, 0.1) is 0 Å². The number of nitrogen functional groups attached to an aromatic ring is 1. The van der Waals surface area contributed by atoms with Gasteiger partial charge in [0.2, 0.25) is 5.95 Å². The molecule has 0 aliphatic carbocycles. The Morgan fingerprint density at radius 2 is 2.24 bits per heavy atom. The van der Waals surface area contributed by atoms with Gasteiger partial charge in [-0.25, -0.2) is 9.97 Å². The van der Waals surface area contributed by atoms with Crippen molar-refractivity contribution in [1.82, 2.24) is 24.1 Å². The maximum Gasteiger partial charge on any atom is 0.201 e. The molecule has 0 bridgehead atoms. The van der Waals surface area contributed by atoms with Crippen LogP contribution in [0.25, 0.3) is 11.0 Å². The number of rotatable bonds is 2. The van der Waals surface area contributed by atoms with Crippen molar-refractivity contribution in [3.8, 4) is 0 Å². The van der Waals surface area contributed by atoms with Crippen LogP contribution in [0.1, 0.15) is 5.82 Å². The molecule has 86 valence electrons. The molecule has 3 heterocycles. The van der Waals surface area contributed by atoms with Gasteiger partial charge in [-0.3, -0.25) is 4.98 Å². The van der Waals surface area contributed by atoms with Crippen molar-refractivity contribution in [2.45, 2.75) is 6.54 Å². The van der Waals surface area contributed by atoms with E-state index in [0.717, 1.165) is 16.9 Å². The Morgan fingerprint density at radius 1 is 1.35 bits per heavy atom. The zero-order valence-electron chi connectivity index (χ0n) is 9.41. The third-order valence-corrected chi connectivity index (χ3v) is 2.80. The summed E-state index contributed by atoms with van der Waals surface area (Å²) in [5.41, 5.74) is 7.68. The lowest BCUT2D eigenvalue weighted by atomic mass is 10.4. The van der Waals surface area contributed by atoms with Crippen molar-refractivity contribution in [2.75, 3.05) is 5.73 Å².